The Morgan fingerprint density at radius 1 is 1.58 bits per heavy atom. The van der Waals surface area contributed by atoms with Gasteiger partial charge in [-0.3, -0.25) is 4.79 Å². The van der Waals surface area contributed by atoms with Crippen LogP contribution in [0.25, 0.3) is 10.4 Å². The first-order valence-electron chi connectivity index (χ1n) is 3.39. The molecule has 0 atom stereocenters. The molecule has 0 saturated heterocycles. The zero-order valence-electron chi connectivity index (χ0n) is 6.56. The predicted molar refractivity (Wildman–Crippen MR) is 45.4 cm³/mol. The van der Waals surface area contributed by atoms with Gasteiger partial charge in [0.25, 0.3) is 0 Å². The van der Waals surface area contributed by atoms with E-state index in [0.717, 1.165) is 11.8 Å². The molecule has 0 aliphatic rings. The van der Waals surface area contributed by atoms with Crippen LogP contribution in [0.3, 0.4) is 0 Å². The number of aryl methyl sites for hydroxylation is 1. The lowest BCUT2D eigenvalue weighted by Gasteiger charge is -1.97. The standard InChI is InChI=1S/C8H7N3O/c1-6-4-8(10-11-9)3-2-7(6)5-12/h2-5H,1H3. The van der Waals surface area contributed by atoms with E-state index in [0.29, 0.717) is 11.3 Å². The Kier molecular flexibility index (Phi) is 2.46. The minimum absolute atomic E-state index is 0.528. The van der Waals surface area contributed by atoms with E-state index >= 15 is 0 Å². The van der Waals surface area contributed by atoms with Gasteiger partial charge in [0.05, 0.1) is 0 Å². The largest absolute Gasteiger partial charge is 0.298 e. The monoisotopic (exact) mass is 161 g/mol. The van der Waals surface area contributed by atoms with Gasteiger partial charge in [0.1, 0.15) is 6.29 Å². The normalized spacial score (nSPS) is 8.75. The number of aldehydes is 1. The SMILES string of the molecule is Cc1cc(N=[N+]=[N-])ccc1C=O. The summed E-state index contributed by atoms with van der Waals surface area (Å²) in [5.41, 5.74) is 10.1. The Balaban J connectivity index is 3.17. The highest BCUT2D eigenvalue weighted by Gasteiger charge is 1.96. The van der Waals surface area contributed by atoms with Crippen molar-refractivity contribution in [3.63, 3.8) is 0 Å². The zero-order chi connectivity index (χ0) is 8.97. The van der Waals surface area contributed by atoms with Crippen molar-refractivity contribution in [2.24, 2.45) is 5.11 Å². The van der Waals surface area contributed by atoms with E-state index in [4.69, 9.17) is 5.53 Å². The Hall–Kier alpha value is -1.80. The Labute approximate surface area is 69.5 Å². The summed E-state index contributed by atoms with van der Waals surface area (Å²) in [4.78, 5) is 13.0. The van der Waals surface area contributed by atoms with E-state index in [1.165, 1.54) is 0 Å². The molecule has 0 aliphatic heterocycles. The first kappa shape index (κ1) is 8.30. The molecule has 1 aromatic rings. The number of carbonyl (C=O) groups excluding carboxylic acids is 1. The molecular formula is C8H7N3O. The summed E-state index contributed by atoms with van der Waals surface area (Å²) in [6, 6.07) is 4.91. The lowest BCUT2D eigenvalue weighted by Crippen LogP contribution is -1.83. The Morgan fingerprint density at radius 2 is 2.33 bits per heavy atom. The number of benzene rings is 1. The van der Waals surface area contributed by atoms with Gasteiger partial charge in [-0.05, 0) is 24.1 Å². The first-order chi connectivity index (χ1) is 5.77. The van der Waals surface area contributed by atoms with Crippen LogP contribution in [-0.2, 0) is 0 Å². The van der Waals surface area contributed by atoms with Gasteiger partial charge in [0, 0.05) is 16.2 Å². The highest BCUT2D eigenvalue weighted by Crippen LogP contribution is 2.16. The van der Waals surface area contributed by atoms with Crippen LogP contribution in [0.15, 0.2) is 23.3 Å². The Morgan fingerprint density at radius 3 is 2.83 bits per heavy atom. The topological polar surface area (TPSA) is 65.8 Å². The molecule has 1 aromatic carbocycles. The van der Waals surface area contributed by atoms with Crippen molar-refractivity contribution >= 4 is 12.0 Å². The van der Waals surface area contributed by atoms with Gasteiger partial charge in [0.2, 0.25) is 0 Å². The van der Waals surface area contributed by atoms with Gasteiger partial charge in [-0.1, -0.05) is 17.2 Å². The second-order valence-electron chi connectivity index (χ2n) is 2.35. The molecule has 0 bridgehead atoms. The molecule has 1 rings (SSSR count). The van der Waals surface area contributed by atoms with Gasteiger partial charge in [0.15, 0.2) is 0 Å². The molecule has 12 heavy (non-hydrogen) atoms. The second kappa shape index (κ2) is 3.55. The van der Waals surface area contributed by atoms with Crippen molar-refractivity contribution in [3.05, 3.63) is 39.8 Å². The number of hydrogen-bond acceptors (Lipinski definition) is 2. The van der Waals surface area contributed by atoms with Crippen LogP contribution < -0.4 is 0 Å². The minimum atomic E-state index is 0.528. The smallest absolute Gasteiger partial charge is 0.150 e. The van der Waals surface area contributed by atoms with E-state index in [9.17, 15) is 4.79 Å². The maximum atomic E-state index is 10.4. The highest BCUT2D eigenvalue weighted by molar-refractivity contribution is 5.78. The summed E-state index contributed by atoms with van der Waals surface area (Å²) in [6.45, 7) is 1.79. The zero-order valence-corrected chi connectivity index (χ0v) is 6.56. The number of carbonyl (C=O) groups is 1. The molecule has 0 unspecified atom stereocenters. The summed E-state index contributed by atoms with van der Waals surface area (Å²) in [7, 11) is 0. The summed E-state index contributed by atoms with van der Waals surface area (Å²) >= 11 is 0. The van der Waals surface area contributed by atoms with Crippen molar-refractivity contribution in [2.75, 3.05) is 0 Å². The fourth-order valence-electron chi connectivity index (χ4n) is 0.906. The molecule has 0 saturated carbocycles. The summed E-state index contributed by atoms with van der Waals surface area (Å²) in [5.74, 6) is 0. The minimum Gasteiger partial charge on any atom is -0.298 e. The second-order valence-corrected chi connectivity index (χ2v) is 2.35. The van der Waals surface area contributed by atoms with Gasteiger partial charge < -0.3 is 0 Å². The Bertz CT molecular complexity index is 353. The van der Waals surface area contributed by atoms with Crippen LogP contribution in [0.2, 0.25) is 0 Å². The van der Waals surface area contributed by atoms with Gasteiger partial charge >= 0.3 is 0 Å². The predicted octanol–water partition coefficient (Wildman–Crippen LogP) is 2.75. The molecule has 0 amide bonds. The van der Waals surface area contributed by atoms with Crippen molar-refractivity contribution in [1.29, 1.82) is 0 Å². The van der Waals surface area contributed by atoms with Crippen LogP contribution >= 0.6 is 0 Å². The summed E-state index contributed by atoms with van der Waals surface area (Å²) in [5, 5.41) is 3.41. The van der Waals surface area contributed by atoms with E-state index in [1.54, 1.807) is 25.1 Å². The summed E-state index contributed by atoms with van der Waals surface area (Å²) < 4.78 is 0. The van der Waals surface area contributed by atoms with Crippen LogP contribution in [0, 0.1) is 6.92 Å². The fraction of sp³-hybridized carbons (Fsp3) is 0.125. The van der Waals surface area contributed by atoms with Crippen LogP contribution in [0.5, 0.6) is 0 Å². The maximum Gasteiger partial charge on any atom is 0.150 e. The van der Waals surface area contributed by atoms with E-state index in [-0.39, 0.29) is 0 Å². The molecule has 4 nitrogen and oxygen atoms in total. The molecule has 0 fully saturated rings. The molecule has 0 N–H and O–H groups in total. The lowest BCUT2D eigenvalue weighted by atomic mass is 10.1. The van der Waals surface area contributed by atoms with Gasteiger partial charge in [-0.25, -0.2) is 0 Å². The highest BCUT2D eigenvalue weighted by atomic mass is 16.1. The number of nitrogens with zero attached hydrogens (tertiary/aromatic N) is 3. The molecule has 0 aromatic heterocycles. The van der Waals surface area contributed by atoms with Crippen molar-refractivity contribution in [3.8, 4) is 0 Å². The average molecular weight is 161 g/mol. The molecule has 60 valence electrons. The van der Waals surface area contributed by atoms with Crippen LogP contribution in [-0.4, -0.2) is 6.29 Å². The first-order valence-corrected chi connectivity index (χ1v) is 3.39. The van der Waals surface area contributed by atoms with Crippen LogP contribution in [0.1, 0.15) is 15.9 Å². The quantitative estimate of drug-likeness (QED) is 0.284. The maximum absolute atomic E-state index is 10.4. The number of azide groups is 1. The number of hydrogen-bond donors (Lipinski definition) is 0. The molecule has 0 heterocycles. The van der Waals surface area contributed by atoms with E-state index < -0.39 is 0 Å². The molecule has 0 spiro atoms. The third-order valence-corrected chi connectivity index (χ3v) is 1.54. The molecule has 0 radical (unpaired) electrons. The van der Waals surface area contributed by atoms with Crippen molar-refractivity contribution < 1.29 is 4.79 Å². The molecule has 0 aliphatic carbocycles. The fourth-order valence-corrected chi connectivity index (χ4v) is 0.906. The third kappa shape index (κ3) is 1.62. The molecular weight excluding hydrogens is 154 g/mol. The van der Waals surface area contributed by atoms with E-state index in [1.807, 2.05) is 0 Å². The van der Waals surface area contributed by atoms with E-state index in [2.05, 4.69) is 10.0 Å². The van der Waals surface area contributed by atoms with Crippen molar-refractivity contribution in [1.82, 2.24) is 0 Å². The third-order valence-electron chi connectivity index (χ3n) is 1.54. The average Bonchev–Trinajstić information content (AvgIpc) is 2.05. The number of rotatable bonds is 2. The lowest BCUT2D eigenvalue weighted by molar-refractivity contribution is 0.112. The summed E-state index contributed by atoms with van der Waals surface area (Å²) in [6.07, 6.45) is 0.773. The molecule has 4 heteroatoms. The van der Waals surface area contributed by atoms with Gasteiger partial charge in [-0.15, -0.1) is 0 Å². The van der Waals surface area contributed by atoms with Gasteiger partial charge in [-0.2, -0.15) is 0 Å². The van der Waals surface area contributed by atoms with Crippen molar-refractivity contribution in [2.45, 2.75) is 6.92 Å². The van der Waals surface area contributed by atoms with Crippen LogP contribution in [0.4, 0.5) is 5.69 Å².